The van der Waals surface area contributed by atoms with Gasteiger partial charge in [0.1, 0.15) is 0 Å². The fourth-order valence-corrected chi connectivity index (χ4v) is 1.84. The number of hydrogen-bond acceptors (Lipinski definition) is 2. The molecule has 0 N–H and O–H groups in total. The summed E-state index contributed by atoms with van der Waals surface area (Å²) in [5.41, 5.74) is 1.91. The van der Waals surface area contributed by atoms with Crippen LogP contribution in [0.3, 0.4) is 0 Å². The Morgan fingerprint density at radius 2 is 1.86 bits per heavy atom. The molecule has 0 radical (unpaired) electrons. The molecule has 0 aromatic rings. The third kappa shape index (κ3) is 6.03. The summed E-state index contributed by atoms with van der Waals surface area (Å²) in [4.78, 5) is 4.13. The molecule has 0 aliphatic carbocycles. The number of allylic oxidation sites excluding steroid dienone is 2. The van der Waals surface area contributed by atoms with Gasteiger partial charge in [0.25, 0.3) is 0 Å². The van der Waals surface area contributed by atoms with Gasteiger partial charge in [-0.15, -0.1) is 11.8 Å². The van der Waals surface area contributed by atoms with Gasteiger partial charge in [-0.05, 0) is 17.9 Å². The van der Waals surface area contributed by atoms with Crippen LogP contribution in [0.4, 0.5) is 0 Å². The van der Waals surface area contributed by atoms with Gasteiger partial charge in [0.2, 0.25) is 0 Å². The summed E-state index contributed by atoms with van der Waals surface area (Å²) in [6.45, 7) is 12.6. The van der Waals surface area contributed by atoms with Gasteiger partial charge in [0.05, 0.1) is 5.55 Å². The van der Waals surface area contributed by atoms with Gasteiger partial charge in [0.15, 0.2) is 0 Å². The van der Waals surface area contributed by atoms with Gasteiger partial charge in [-0.25, -0.2) is 0 Å². The highest BCUT2D eigenvalue weighted by molar-refractivity contribution is 8.12. The van der Waals surface area contributed by atoms with Gasteiger partial charge in [-0.2, -0.15) is 0 Å². The maximum absolute atomic E-state index is 4.13. The molecule has 2 heteroatoms. The van der Waals surface area contributed by atoms with E-state index >= 15 is 0 Å². The van der Waals surface area contributed by atoms with Gasteiger partial charge in [-0.1, -0.05) is 40.3 Å². The van der Waals surface area contributed by atoms with Gasteiger partial charge in [-0.3, -0.25) is 4.99 Å². The fraction of sp³-hybridized carbons (Fsp3) is 0.583. The van der Waals surface area contributed by atoms with E-state index in [1.165, 1.54) is 0 Å². The second-order valence-corrected chi connectivity index (χ2v) is 5.00. The smallest absolute Gasteiger partial charge is 0.0599 e. The van der Waals surface area contributed by atoms with Crippen LogP contribution in [-0.2, 0) is 0 Å². The molecule has 80 valence electrons. The molecule has 0 aliphatic rings. The van der Waals surface area contributed by atoms with Crippen LogP contribution in [0.1, 0.15) is 27.7 Å². The summed E-state index contributed by atoms with van der Waals surface area (Å²) in [7, 11) is 0. The first kappa shape index (κ1) is 13.5. The molecular weight excluding hydrogens is 190 g/mol. The molecule has 14 heavy (non-hydrogen) atoms. The molecule has 1 nitrogen and oxygen atoms in total. The van der Waals surface area contributed by atoms with Crippen LogP contribution in [0, 0.1) is 11.8 Å². The standard InChI is InChI=1S/C12H21NS/c1-6-7-8-13-9-14-12(5)11(4)10(2)3/h6-12H,1H2,2-5H3/b8-7+,13-9-/t11-,12+/m0/s1. The van der Waals surface area contributed by atoms with Crippen molar-refractivity contribution >= 4 is 17.3 Å². The molecule has 0 bridgehead atoms. The average Bonchev–Trinajstić information content (AvgIpc) is 2.16. The summed E-state index contributed by atoms with van der Waals surface area (Å²) in [5, 5.41) is 0.621. The molecule has 0 amide bonds. The Morgan fingerprint density at radius 1 is 1.21 bits per heavy atom. The molecule has 0 unspecified atom stereocenters. The minimum Gasteiger partial charge on any atom is -0.258 e. The summed E-state index contributed by atoms with van der Waals surface area (Å²) >= 11 is 1.79. The summed E-state index contributed by atoms with van der Waals surface area (Å²) in [6, 6.07) is 0. The van der Waals surface area contributed by atoms with E-state index in [4.69, 9.17) is 0 Å². The number of nitrogens with zero attached hydrogens (tertiary/aromatic N) is 1. The molecule has 0 saturated heterocycles. The van der Waals surface area contributed by atoms with Crippen molar-refractivity contribution in [3.63, 3.8) is 0 Å². The summed E-state index contributed by atoms with van der Waals surface area (Å²) in [6.07, 6.45) is 5.31. The highest BCUT2D eigenvalue weighted by Crippen LogP contribution is 2.23. The van der Waals surface area contributed by atoms with E-state index in [-0.39, 0.29) is 0 Å². The third-order valence-corrected chi connectivity index (χ3v) is 3.54. The number of rotatable bonds is 6. The SMILES string of the molecule is C=C/C=C/N=C\S[C@H](C)[C@@H](C)C(C)C. The first-order valence-electron chi connectivity index (χ1n) is 5.04. The lowest BCUT2D eigenvalue weighted by Crippen LogP contribution is -2.16. The second-order valence-electron chi connectivity index (χ2n) is 3.78. The van der Waals surface area contributed by atoms with Crippen molar-refractivity contribution < 1.29 is 0 Å². The molecule has 2 atom stereocenters. The second kappa shape index (κ2) is 7.86. The Bertz CT molecular complexity index is 206. The Balaban J connectivity index is 3.83. The Hall–Kier alpha value is -0.500. The molecule has 0 heterocycles. The third-order valence-electron chi connectivity index (χ3n) is 2.44. The zero-order valence-electron chi connectivity index (χ0n) is 9.60. The lowest BCUT2D eigenvalue weighted by molar-refractivity contribution is 0.418. The van der Waals surface area contributed by atoms with Crippen molar-refractivity contribution in [2.24, 2.45) is 16.8 Å². The van der Waals surface area contributed by atoms with Crippen LogP contribution in [0.2, 0.25) is 0 Å². The quantitative estimate of drug-likeness (QED) is 0.365. The molecule has 0 aromatic heterocycles. The summed E-state index contributed by atoms with van der Waals surface area (Å²) in [5.74, 6) is 1.45. The number of aliphatic imine (C=N–C) groups is 1. The summed E-state index contributed by atoms with van der Waals surface area (Å²) < 4.78 is 0. The largest absolute Gasteiger partial charge is 0.258 e. The van der Waals surface area contributed by atoms with Crippen molar-refractivity contribution in [1.29, 1.82) is 0 Å². The molecule has 0 rings (SSSR count). The van der Waals surface area contributed by atoms with Crippen LogP contribution >= 0.6 is 11.8 Å². The van der Waals surface area contributed by atoms with Crippen molar-refractivity contribution in [3.8, 4) is 0 Å². The molecule has 0 aliphatic heterocycles. The van der Waals surface area contributed by atoms with Crippen molar-refractivity contribution in [2.45, 2.75) is 32.9 Å². The average molecular weight is 211 g/mol. The molecular formula is C12H21NS. The van der Waals surface area contributed by atoms with Crippen LogP contribution < -0.4 is 0 Å². The van der Waals surface area contributed by atoms with Crippen molar-refractivity contribution in [3.05, 3.63) is 24.9 Å². The Labute approximate surface area is 92.4 Å². The molecule has 0 saturated carbocycles. The normalized spacial score (nSPS) is 16.6. The number of thioether (sulfide) groups is 1. The van der Waals surface area contributed by atoms with E-state index in [1.54, 1.807) is 24.0 Å². The minimum absolute atomic E-state index is 0.621. The van der Waals surface area contributed by atoms with Gasteiger partial charge in [0, 0.05) is 11.4 Å². The van der Waals surface area contributed by atoms with E-state index in [1.807, 2.05) is 11.6 Å². The van der Waals surface area contributed by atoms with Crippen LogP contribution in [0.5, 0.6) is 0 Å². The maximum atomic E-state index is 4.13. The molecule has 0 spiro atoms. The first-order chi connectivity index (χ1) is 6.59. The fourth-order valence-electron chi connectivity index (χ4n) is 0.943. The first-order valence-corrected chi connectivity index (χ1v) is 5.98. The Kier molecular flexibility index (Phi) is 7.58. The monoisotopic (exact) mass is 211 g/mol. The van der Waals surface area contributed by atoms with Crippen LogP contribution in [0.25, 0.3) is 0 Å². The lowest BCUT2D eigenvalue weighted by atomic mass is 9.95. The van der Waals surface area contributed by atoms with E-state index < -0.39 is 0 Å². The topological polar surface area (TPSA) is 12.4 Å². The zero-order chi connectivity index (χ0) is 11.0. The zero-order valence-corrected chi connectivity index (χ0v) is 10.4. The predicted molar refractivity (Wildman–Crippen MR) is 68.9 cm³/mol. The van der Waals surface area contributed by atoms with E-state index in [2.05, 4.69) is 39.3 Å². The van der Waals surface area contributed by atoms with Gasteiger partial charge < -0.3 is 0 Å². The van der Waals surface area contributed by atoms with Crippen molar-refractivity contribution in [1.82, 2.24) is 0 Å². The highest BCUT2D eigenvalue weighted by Gasteiger charge is 2.14. The van der Waals surface area contributed by atoms with E-state index in [0.29, 0.717) is 5.25 Å². The molecule has 0 aromatic carbocycles. The van der Waals surface area contributed by atoms with Crippen LogP contribution in [-0.4, -0.2) is 10.8 Å². The van der Waals surface area contributed by atoms with Gasteiger partial charge >= 0.3 is 0 Å². The maximum Gasteiger partial charge on any atom is 0.0599 e. The predicted octanol–water partition coefficient (Wildman–Crippen LogP) is 4.13. The van der Waals surface area contributed by atoms with Crippen LogP contribution in [0.15, 0.2) is 29.9 Å². The van der Waals surface area contributed by atoms with E-state index in [0.717, 1.165) is 11.8 Å². The highest BCUT2D eigenvalue weighted by atomic mass is 32.2. The Morgan fingerprint density at radius 3 is 2.36 bits per heavy atom. The molecule has 0 fully saturated rings. The minimum atomic E-state index is 0.621. The van der Waals surface area contributed by atoms with E-state index in [9.17, 15) is 0 Å². The lowest BCUT2D eigenvalue weighted by Gasteiger charge is -2.20. The number of hydrogen-bond donors (Lipinski definition) is 0. The van der Waals surface area contributed by atoms with Crippen molar-refractivity contribution in [2.75, 3.05) is 0 Å².